The first kappa shape index (κ1) is 13.1. The zero-order chi connectivity index (χ0) is 14.4. The second-order valence-corrected chi connectivity index (χ2v) is 6.88. The first-order valence-electron chi connectivity index (χ1n) is 7.11. The Morgan fingerprint density at radius 3 is 2.67 bits per heavy atom. The monoisotopic (exact) mass is 386 g/mol. The second kappa shape index (κ2) is 4.73. The minimum absolute atomic E-state index is 0.257. The van der Waals surface area contributed by atoms with E-state index in [2.05, 4.69) is 96.3 Å². The minimum Gasteiger partial charge on any atom is -0.482 e. The van der Waals surface area contributed by atoms with E-state index in [1.807, 2.05) is 0 Å². The van der Waals surface area contributed by atoms with E-state index in [9.17, 15) is 0 Å². The summed E-state index contributed by atoms with van der Waals surface area (Å²) in [5, 5.41) is 0. The summed E-state index contributed by atoms with van der Waals surface area (Å²) >= 11 is 2.42. The van der Waals surface area contributed by atoms with Crippen LogP contribution in [0.2, 0.25) is 0 Å². The molecule has 4 rings (SSSR count). The summed E-state index contributed by atoms with van der Waals surface area (Å²) in [6, 6.07) is 16.9. The van der Waals surface area contributed by atoms with Gasteiger partial charge in [0.15, 0.2) is 0 Å². The maximum atomic E-state index is 6.30. The van der Waals surface area contributed by atoms with Crippen LogP contribution in [0.15, 0.2) is 66.8 Å². The van der Waals surface area contributed by atoms with E-state index in [1.54, 1.807) is 0 Å². The number of hydrogen-bond acceptors (Lipinski definition) is 1. The van der Waals surface area contributed by atoms with E-state index >= 15 is 0 Å². The molecule has 0 N–H and O–H groups in total. The Hall–Kier alpha value is -1.55. The van der Waals surface area contributed by atoms with Gasteiger partial charge in [-0.05, 0) is 58.9 Å². The lowest BCUT2D eigenvalue weighted by molar-refractivity contribution is 0.158. The van der Waals surface area contributed by atoms with Crippen LogP contribution >= 0.6 is 22.6 Å². The van der Waals surface area contributed by atoms with Crippen LogP contribution in [-0.4, -0.2) is 5.60 Å². The van der Waals surface area contributed by atoms with Crippen LogP contribution in [0.3, 0.4) is 0 Å². The van der Waals surface area contributed by atoms with Crippen molar-refractivity contribution in [3.63, 3.8) is 0 Å². The Morgan fingerprint density at radius 2 is 1.86 bits per heavy atom. The fourth-order valence-electron chi connectivity index (χ4n) is 3.40. The third kappa shape index (κ3) is 1.96. The van der Waals surface area contributed by atoms with Gasteiger partial charge in [0.25, 0.3) is 0 Å². The molecule has 1 aliphatic heterocycles. The standard InChI is InChI=1S/C19H15IO/c1-19-12-6-9-14(13-7-3-2-4-8-13)18(19)17-15(20)10-5-11-16(17)21-19/h2-12,18H,1H3. The summed E-state index contributed by atoms with van der Waals surface area (Å²) in [5.74, 6) is 1.27. The molecule has 0 radical (unpaired) electrons. The lowest BCUT2D eigenvalue weighted by atomic mass is 9.74. The highest BCUT2D eigenvalue weighted by Crippen LogP contribution is 2.54. The number of halogens is 1. The molecule has 2 aliphatic rings. The molecular weight excluding hydrogens is 371 g/mol. The Labute approximate surface area is 138 Å². The average molecular weight is 386 g/mol. The molecule has 0 saturated heterocycles. The Bertz CT molecular complexity index is 760. The maximum absolute atomic E-state index is 6.30. The fraction of sp³-hybridized carbons (Fsp3) is 0.158. The summed E-state index contributed by atoms with van der Waals surface area (Å²) in [7, 11) is 0. The van der Waals surface area contributed by atoms with Crippen molar-refractivity contribution in [2.75, 3.05) is 0 Å². The highest BCUT2D eigenvalue weighted by Gasteiger charge is 2.47. The molecule has 2 aromatic rings. The molecule has 2 unspecified atom stereocenters. The Kier molecular flexibility index (Phi) is 2.96. The number of rotatable bonds is 1. The topological polar surface area (TPSA) is 9.23 Å². The van der Waals surface area contributed by atoms with Gasteiger partial charge in [-0.25, -0.2) is 0 Å². The van der Waals surface area contributed by atoms with Gasteiger partial charge in [-0.3, -0.25) is 0 Å². The molecule has 0 fully saturated rings. The first-order valence-corrected chi connectivity index (χ1v) is 8.19. The van der Waals surface area contributed by atoms with Crippen LogP contribution in [0.5, 0.6) is 5.75 Å². The molecule has 0 spiro atoms. The van der Waals surface area contributed by atoms with E-state index in [4.69, 9.17) is 4.74 Å². The highest BCUT2D eigenvalue weighted by atomic mass is 127. The number of ether oxygens (including phenoxy) is 1. The Balaban J connectivity index is 1.93. The Morgan fingerprint density at radius 1 is 1.05 bits per heavy atom. The van der Waals surface area contributed by atoms with E-state index in [0.29, 0.717) is 0 Å². The van der Waals surface area contributed by atoms with E-state index in [1.165, 1.54) is 20.3 Å². The first-order chi connectivity index (χ1) is 10.2. The third-order valence-corrected chi connectivity index (χ3v) is 5.27. The molecule has 2 atom stereocenters. The molecule has 2 aromatic carbocycles. The van der Waals surface area contributed by atoms with Gasteiger partial charge >= 0.3 is 0 Å². The SMILES string of the molecule is CC12C=CC=C(c3ccccc3)C1c1c(I)cccc1O2. The summed E-state index contributed by atoms with van der Waals surface area (Å²) in [4.78, 5) is 0. The van der Waals surface area contributed by atoms with Crippen molar-refractivity contribution in [1.29, 1.82) is 0 Å². The molecule has 1 aliphatic carbocycles. The normalized spacial score (nSPS) is 25.8. The van der Waals surface area contributed by atoms with Crippen molar-refractivity contribution >= 4 is 28.2 Å². The predicted octanol–water partition coefficient (Wildman–Crippen LogP) is 5.18. The fourth-order valence-corrected chi connectivity index (χ4v) is 4.18. The largest absolute Gasteiger partial charge is 0.482 e. The molecule has 1 heterocycles. The summed E-state index contributed by atoms with van der Waals surface area (Å²) in [5.41, 5.74) is 3.64. The van der Waals surface area contributed by atoms with Crippen molar-refractivity contribution in [2.45, 2.75) is 18.4 Å². The second-order valence-electron chi connectivity index (χ2n) is 5.72. The molecule has 0 bridgehead atoms. The van der Waals surface area contributed by atoms with Crippen LogP contribution in [0.4, 0.5) is 0 Å². The van der Waals surface area contributed by atoms with Crippen LogP contribution in [0.25, 0.3) is 5.57 Å². The van der Waals surface area contributed by atoms with Crippen molar-refractivity contribution in [2.24, 2.45) is 0 Å². The number of hydrogen-bond donors (Lipinski definition) is 0. The number of fused-ring (bicyclic) bond motifs is 3. The van der Waals surface area contributed by atoms with E-state index in [-0.39, 0.29) is 11.5 Å². The van der Waals surface area contributed by atoms with Gasteiger partial charge in [0, 0.05) is 9.13 Å². The van der Waals surface area contributed by atoms with Gasteiger partial charge in [0.05, 0.1) is 5.92 Å². The molecule has 0 saturated carbocycles. The molecular formula is C19H15IO. The molecule has 2 heteroatoms. The van der Waals surface area contributed by atoms with Crippen molar-refractivity contribution in [3.8, 4) is 5.75 Å². The zero-order valence-electron chi connectivity index (χ0n) is 11.7. The van der Waals surface area contributed by atoms with Crippen LogP contribution < -0.4 is 4.74 Å². The maximum Gasteiger partial charge on any atom is 0.136 e. The summed E-state index contributed by atoms with van der Waals surface area (Å²) < 4.78 is 7.57. The predicted molar refractivity (Wildman–Crippen MR) is 94.5 cm³/mol. The molecule has 21 heavy (non-hydrogen) atoms. The van der Waals surface area contributed by atoms with Crippen LogP contribution in [0, 0.1) is 3.57 Å². The lowest BCUT2D eigenvalue weighted by Gasteiger charge is -2.32. The van der Waals surface area contributed by atoms with E-state index in [0.717, 1.165) is 5.75 Å². The van der Waals surface area contributed by atoms with Crippen molar-refractivity contribution < 1.29 is 4.74 Å². The van der Waals surface area contributed by atoms with Gasteiger partial charge in [0.2, 0.25) is 0 Å². The summed E-state index contributed by atoms with van der Waals surface area (Å²) in [6.45, 7) is 2.18. The van der Waals surface area contributed by atoms with Crippen molar-refractivity contribution in [3.05, 3.63) is 81.5 Å². The summed E-state index contributed by atoms with van der Waals surface area (Å²) in [6.07, 6.45) is 6.53. The van der Waals surface area contributed by atoms with Gasteiger partial charge in [0.1, 0.15) is 11.4 Å². The average Bonchev–Trinajstić information content (AvgIpc) is 2.81. The van der Waals surface area contributed by atoms with Gasteiger partial charge in [-0.15, -0.1) is 0 Å². The third-order valence-electron chi connectivity index (χ3n) is 4.33. The molecule has 0 amide bonds. The van der Waals surface area contributed by atoms with Gasteiger partial charge < -0.3 is 4.74 Å². The van der Waals surface area contributed by atoms with Crippen molar-refractivity contribution in [1.82, 2.24) is 0 Å². The highest BCUT2D eigenvalue weighted by molar-refractivity contribution is 14.1. The number of benzene rings is 2. The van der Waals surface area contributed by atoms with Crippen LogP contribution in [0.1, 0.15) is 24.0 Å². The zero-order valence-corrected chi connectivity index (χ0v) is 13.9. The number of allylic oxidation sites excluding steroid dienone is 2. The minimum atomic E-state index is -0.288. The van der Waals surface area contributed by atoms with E-state index < -0.39 is 0 Å². The quantitative estimate of drug-likeness (QED) is 0.614. The lowest BCUT2D eigenvalue weighted by Crippen LogP contribution is -2.34. The molecule has 1 nitrogen and oxygen atoms in total. The molecule has 0 aromatic heterocycles. The van der Waals surface area contributed by atoms with Gasteiger partial charge in [-0.2, -0.15) is 0 Å². The van der Waals surface area contributed by atoms with Gasteiger partial charge in [-0.1, -0.05) is 48.6 Å². The molecule has 104 valence electrons. The van der Waals surface area contributed by atoms with Crippen LogP contribution in [-0.2, 0) is 0 Å². The smallest absolute Gasteiger partial charge is 0.136 e.